The van der Waals surface area contributed by atoms with E-state index in [1.807, 2.05) is 0 Å². The van der Waals surface area contributed by atoms with Crippen LogP contribution in [0.5, 0.6) is 5.75 Å². The standard InChI is InChI=1S/C18H16N2O5/c1-24-18(23)11-5-4-6-12(9-11)19-16(21)10-15-17(22)20-13-7-2-3-8-14(13)25-15/h2-9,15H,10H2,1H3,(H,19,21)(H,20,22). The number of fused-ring (bicyclic) bond motifs is 1. The molecule has 1 heterocycles. The number of anilines is 2. The van der Waals surface area contributed by atoms with E-state index in [-0.39, 0.29) is 12.3 Å². The van der Waals surface area contributed by atoms with Crippen molar-refractivity contribution in [1.29, 1.82) is 0 Å². The van der Waals surface area contributed by atoms with E-state index in [4.69, 9.17) is 4.74 Å². The molecule has 7 heteroatoms. The fourth-order valence-electron chi connectivity index (χ4n) is 2.45. The Balaban J connectivity index is 1.65. The summed E-state index contributed by atoms with van der Waals surface area (Å²) >= 11 is 0. The Morgan fingerprint density at radius 1 is 1.20 bits per heavy atom. The van der Waals surface area contributed by atoms with Crippen molar-refractivity contribution in [3.05, 3.63) is 54.1 Å². The predicted octanol–water partition coefficient (Wildman–Crippen LogP) is 2.20. The summed E-state index contributed by atoms with van der Waals surface area (Å²) in [5.74, 6) is -0.756. The van der Waals surface area contributed by atoms with Crippen LogP contribution >= 0.6 is 0 Å². The molecule has 1 aliphatic heterocycles. The number of amides is 2. The quantitative estimate of drug-likeness (QED) is 0.832. The molecule has 0 aliphatic carbocycles. The zero-order valence-corrected chi connectivity index (χ0v) is 13.4. The van der Waals surface area contributed by atoms with E-state index in [2.05, 4.69) is 15.4 Å². The van der Waals surface area contributed by atoms with Gasteiger partial charge < -0.3 is 20.1 Å². The van der Waals surface area contributed by atoms with Crippen molar-refractivity contribution in [3.63, 3.8) is 0 Å². The molecule has 128 valence electrons. The molecule has 0 bridgehead atoms. The second-order valence-electron chi connectivity index (χ2n) is 5.42. The third kappa shape index (κ3) is 3.77. The highest BCUT2D eigenvalue weighted by atomic mass is 16.5. The number of rotatable bonds is 4. The van der Waals surface area contributed by atoms with E-state index in [1.54, 1.807) is 42.5 Å². The second-order valence-corrected chi connectivity index (χ2v) is 5.42. The fourth-order valence-corrected chi connectivity index (χ4v) is 2.45. The third-order valence-electron chi connectivity index (χ3n) is 3.64. The van der Waals surface area contributed by atoms with Gasteiger partial charge in [-0.3, -0.25) is 9.59 Å². The van der Waals surface area contributed by atoms with E-state index in [9.17, 15) is 14.4 Å². The molecular weight excluding hydrogens is 324 g/mol. The number of nitrogens with one attached hydrogen (secondary N) is 2. The van der Waals surface area contributed by atoms with E-state index in [1.165, 1.54) is 13.2 Å². The van der Waals surface area contributed by atoms with E-state index in [0.717, 1.165) is 0 Å². The molecule has 1 unspecified atom stereocenters. The molecule has 1 atom stereocenters. The van der Waals surface area contributed by atoms with Gasteiger partial charge in [0.15, 0.2) is 6.10 Å². The minimum Gasteiger partial charge on any atom is -0.478 e. The molecule has 2 amide bonds. The molecule has 2 aromatic rings. The third-order valence-corrected chi connectivity index (χ3v) is 3.64. The van der Waals surface area contributed by atoms with Crippen molar-refractivity contribution in [3.8, 4) is 5.75 Å². The van der Waals surface area contributed by atoms with Gasteiger partial charge in [-0.25, -0.2) is 4.79 Å². The predicted molar refractivity (Wildman–Crippen MR) is 90.5 cm³/mol. The number of carbonyl (C=O) groups excluding carboxylic acids is 3. The van der Waals surface area contributed by atoms with Crippen LogP contribution in [-0.4, -0.2) is 31.0 Å². The Kier molecular flexibility index (Phi) is 4.65. The molecular formula is C18H16N2O5. The lowest BCUT2D eigenvalue weighted by atomic mass is 10.1. The topological polar surface area (TPSA) is 93.7 Å². The lowest BCUT2D eigenvalue weighted by Crippen LogP contribution is -2.39. The molecule has 7 nitrogen and oxygen atoms in total. The summed E-state index contributed by atoms with van der Waals surface area (Å²) in [5, 5.41) is 5.35. The number of hydrogen-bond acceptors (Lipinski definition) is 5. The first-order valence-electron chi connectivity index (χ1n) is 7.61. The minimum atomic E-state index is -0.918. The van der Waals surface area contributed by atoms with Crippen LogP contribution < -0.4 is 15.4 Å². The van der Waals surface area contributed by atoms with Crippen LogP contribution in [0.3, 0.4) is 0 Å². The number of methoxy groups -OCH3 is 1. The van der Waals surface area contributed by atoms with Crippen molar-refractivity contribution < 1.29 is 23.9 Å². The minimum absolute atomic E-state index is 0.150. The number of ether oxygens (including phenoxy) is 2. The van der Waals surface area contributed by atoms with Gasteiger partial charge in [-0.15, -0.1) is 0 Å². The van der Waals surface area contributed by atoms with E-state index >= 15 is 0 Å². The van der Waals surface area contributed by atoms with Crippen molar-refractivity contribution in [2.75, 3.05) is 17.7 Å². The van der Waals surface area contributed by atoms with Crippen molar-refractivity contribution in [2.24, 2.45) is 0 Å². The Bertz CT molecular complexity index is 834. The number of esters is 1. The molecule has 0 saturated heterocycles. The maximum Gasteiger partial charge on any atom is 0.337 e. The summed E-state index contributed by atoms with van der Waals surface area (Å²) in [6.45, 7) is 0. The van der Waals surface area contributed by atoms with Crippen molar-refractivity contribution in [1.82, 2.24) is 0 Å². The SMILES string of the molecule is COC(=O)c1cccc(NC(=O)CC2Oc3ccccc3NC2=O)c1. The lowest BCUT2D eigenvalue weighted by Gasteiger charge is -2.25. The van der Waals surface area contributed by atoms with Gasteiger partial charge >= 0.3 is 5.97 Å². The van der Waals surface area contributed by atoms with Crippen molar-refractivity contribution in [2.45, 2.75) is 12.5 Å². The number of benzene rings is 2. The van der Waals surface area contributed by atoms with Gasteiger partial charge in [-0.2, -0.15) is 0 Å². The van der Waals surface area contributed by atoms with Gasteiger partial charge in [0.2, 0.25) is 5.91 Å². The molecule has 0 fully saturated rings. The van der Waals surface area contributed by atoms with Crippen LogP contribution in [0, 0.1) is 0 Å². The van der Waals surface area contributed by atoms with Crippen LogP contribution in [0.1, 0.15) is 16.8 Å². The summed E-state index contributed by atoms with van der Waals surface area (Å²) in [6, 6.07) is 13.4. The molecule has 3 rings (SSSR count). The van der Waals surface area contributed by atoms with E-state index < -0.39 is 18.0 Å². The highest BCUT2D eigenvalue weighted by molar-refractivity contribution is 6.02. The molecule has 1 aliphatic rings. The van der Waals surface area contributed by atoms with Gasteiger partial charge in [0.1, 0.15) is 5.75 Å². The number of carbonyl (C=O) groups is 3. The van der Waals surface area contributed by atoms with Gasteiger partial charge in [0, 0.05) is 5.69 Å². The zero-order chi connectivity index (χ0) is 17.8. The molecule has 25 heavy (non-hydrogen) atoms. The maximum atomic E-state index is 12.2. The Labute approximate surface area is 143 Å². The Hall–Kier alpha value is -3.35. The van der Waals surface area contributed by atoms with Crippen LogP contribution in [0.2, 0.25) is 0 Å². The lowest BCUT2D eigenvalue weighted by molar-refractivity contribution is -0.128. The van der Waals surface area contributed by atoms with Gasteiger partial charge in [0.25, 0.3) is 5.91 Å². The molecule has 0 aromatic heterocycles. The number of para-hydroxylation sites is 2. The first-order chi connectivity index (χ1) is 12.1. The highest BCUT2D eigenvalue weighted by Crippen LogP contribution is 2.29. The molecule has 2 N–H and O–H groups in total. The smallest absolute Gasteiger partial charge is 0.337 e. The van der Waals surface area contributed by atoms with Gasteiger partial charge in [0.05, 0.1) is 24.8 Å². The largest absolute Gasteiger partial charge is 0.478 e. The van der Waals surface area contributed by atoms with Gasteiger partial charge in [-0.05, 0) is 30.3 Å². The normalized spacial score (nSPS) is 15.4. The summed E-state index contributed by atoms with van der Waals surface area (Å²) in [5.41, 5.74) is 1.33. The zero-order valence-electron chi connectivity index (χ0n) is 13.4. The van der Waals surface area contributed by atoms with Gasteiger partial charge in [-0.1, -0.05) is 18.2 Å². The molecule has 0 radical (unpaired) electrons. The average Bonchev–Trinajstić information content (AvgIpc) is 2.61. The molecule has 0 spiro atoms. The summed E-state index contributed by atoms with van der Waals surface area (Å²) in [7, 11) is 1.28. The van der Waals surface area contributed by atoms with Crippen LogP contribution in [0.25, 0.3) is 0 Å². The first kappa shape index (κ1) is 16.5. The first-order valence-corrected chi connectivity index (χ1v) is 7.61. The highest BCUT2D eigenvalue weighted by Gasteiger charge is 2.29. The number of hydrogen-bond donors (Lipinski definition) is 2. The summed E-state index contributed by atoms with van der Waals surface area (Å²) in [6.07, 6.45) is -1.07. The fraction of sp³-hybridized carbons (Fsp3) is 0.167. The maximum absolute atomic E-state index is 12.2. The summed E-state index contributed by atoms with van der Waals surface area (Å²) < 4.78 is 10.2. The van der Waals surface area contributed by atoms with Crippen LogP contribution in [0.4, 0.5) is 11.4 Å². The average molecular weight is 340 g/mol. The van der Waals surface area contributed by atoms with Crippen LogP contribution in [0.15, 0.2) is 48.5 Å². The monoisotopic (exact) mass is 340 g/mol. The molecule has 0 saturated carbocycles. The van der Waals surface area contributed by atoms with Crippen molar-refractivity contribution >= 4 is 29.2 Å². The molecule has 2 aromatic carbocycles. The summed E-state index contributed by atoms with van der Waals surface area (Å²) in [4.78, 5) is 35.8. The van der Waals surface area contributed by atoms with Crippen LogP contribution in [-0.2, 0) is 14.3 Å². The second kappa shape index (κ2) is 7.04. The van der Waals surface area contributed by atoms with E-state index in [0.29, 0.717) is 22.7 Å². The Morgan fingerprint density at radius 2 is 2.00 bits per heavy atom. The Morgan fingerprint density at radius 3 is 2.80 bits per heavy atom.